The Kier molecular flexibility index (Phi) is 4.57. The van der Waals surface area contributed by atoms with Crippen LogP contribution in [0.3, 0.4) is 0 Å². The van der Waals surface area contributed by atoms with E-state index >= 15 is 0 Å². The Hall–Kier alpha value is -0.860. The normalized spacial score (nSPS) is 25.1. The predicted molar refractivity (Wildman–Crippen MR) is 73.3 cm³/mol. The molecule has 2 heteroatoms. The second kappa shape index (κ2) is 6.18. The highest BCUT2D eigenvalue weighted by atomic mass is 15.2. The minimum atomic E-state index is 0.703. The molecule has 1 saturated heterocycles. The van der Waals surface area contributed by atoms with Gasteiger partial charge in [0.25, 0.3) is 0 Å². The van der Waals surface area contributed by atoms with E-state index in [0.717, 1.165) is 25.6 Å². The molecule has 0 radical (unpaired) electrons. The monoisotopic (exact) mass is 232 g/mol. The summed E-state index contributed by atoms with van der Waals surface area (Å²) in [5, 5.41) is 3.57. The lowest BCUT2D eigenvalue weighted by Crippen LogP contribution is -2.47. The summed E-state index contributed by atoms with van der Waals surface area (Å²) in [6, 6.07) is 12.2. The Labute approximate surface area is 105 Å². The summed E-state index contributed by atoms with van der Waals surface area (Å²) in [4.78, 5) is 2.51. The molecule has 1 aliphatic rings. The smallest absolute Gasteiger partial charge is 0.0218 e. The van der Waals surface area contributed by atoms with Gasteiger partial charge < -0.3 is 10.2 Å². The Balaban J connectivity index is 1.75. The number of hydrogen-bond acceptors (Lipinski definition) is 2. The van der Waals surface area contributed by atoms with E-state index in [2.05, 4.69) is 54.5 Å². The maximum atomic E-state index is 3.57. The topological polar surface area (TPSA) is 15.3 Å². The third-order valence-electron chi connectivity index (χ3n) is 3.85. The molecule has 2 nitrogen and oxygen atoms in total. The van der Waals surface area contributed by atoms with E-state index in [0.29, 0.717) is 6.04 Å². The first-order chi connectivity index (χ1) is 8.25. The molecule has 0 bridgehead atoms. The Morgan fingerprint density at radius 3 is 2.65 bits per heavy atom. The van der Waals surface area contributed by atoms with Crippen molar-refractivity contribution in [1.82, 2.24) is 10.2 Å². The van der Waals surface area contributed by atoms with E-state index in [9.17, 15) is 0 Å². The summed E-state index contributed by atoms with van der Waals surface area (Å²) in [6.07, 6.45) is 3.79. The zero-order valence-corrected chi connectivity index (χ0v) is 11.0. The lowest BCUT2D eigenvalue weighted by Gasteiger charge is -2.34. The second-order valence-electron chi connectivity index (χ2n) is 5.26. The number of likely N-dealkylation sites (N-methyl/N-ethyl adjacent to an activating group) is 1. The molecular formula is C15H24N2. The van der Waals surface area contributed by atoms with Crippen LogP contribution in [0.15, 0.2) is 30.3 Å². The largest absolute Gasteiger partial charge is 0.313 e. The average Bonchev–Trinajstić information content (AvgIpc) is 2.38. The zero-order chi connectivity index (χ0) is 12.1. The van der Waals surface area contributed by atoms with Crippen LogP contribution in [-0.4, -0.2) is 37.1 Å². The number of nitrogens with zero attached hydrogens (tertiary/aromatic N) is 1. The molecule has 0 saturated carbocycles. The first-order valence-electron chi connectivity index (χ1n) is 6.73. The van der Waals surface area contributed by atoms with Crippen molar-refractivity contribution in [1.29, 1.82) is 0 Å². The van der Waals surface area contributed by atoms with Gasteiger partial charge in [-0.1, -0.05) is 30.3 Å². The SMILES string of the molecule is CC1CCC(N(C)CCc2ccccc2)CN1. The first kappa shape index (κ1) is 12.6. The fourth-order valence-corrected chi connectivity index (χ4v) is 2.49. The number of piperidine rings is 1. The van der Waals surface area contributed by atoms with Gasteiger partial charge in [-0.25, -0.2) is 0 Å². The Bertz CT molecular complexity index is 315. The first-order valence-corrected chi connectivity index (χ1v) is 6.73. The van der Waals surface area contributed by atoms with Gasteiger partial charge in [-0.15, -0.1) is 0 Å². The summed E-state index contributed by atoms with van der Waals surface area (Å²) < 4.78 is 0. The Morgan fingerprint density at radius 2 is 2.00 bits per heavy atom. The number of nitrogens with one attached hydrogen (secondary N) is 1. The number of rotatable bonds is 4. The molecule has 0 amide bonds. The number of hydrogen-bond donors (Lipinski definition) is 1. The molecular weight excluding hydrogens is 208 g/mol. The fraction of sp³-hybridized carbons (Fsp3) is 0.600. The maximum absolute atomic E-state index is 3.57. The third-order valence-corrected chi connectivity index (χ3v) is 3.85. The molecule has 1 aromatic rings. The molecule has 1 heterocycles. The van der Waals surface area contributed by atoms with E-state index < -0.39 is 0 Å². The molecule has 0 aliphatic carbocycles. The Morgan fingerprint density at radius 1 is 1.24 bits per heavy atom. The van der Waals surface area contributed by atoms with Crippen LogP contribution in [0.5, 0.6) is 0 Å². The van der Waals surface area contributed by atoms with Gasteiger partial charge in [0.2, 0.25) is 0 Å². The lowest BCUT2D eigenvalue weighted by atomic mass is 10.0. The molecule has 17 heavy (non-hydrogen) atoms. The van der Waals surface area contributed by atoms with Gasteiger partial charge in [0.15, 0.2) is 0 Å². The van der Waals surface area contributed by atoms with Crippen molar-refractivity contribution in [3.63, 3.8) is 0 Å². The van der Waals surface area contributed by atoms with Crippen LogP contribution in [0, 0.1) is 0 Å². The van der Waals surface area contributed by atoms with E-state index in [1.54, 1.807) is 0 Å². The van der Waals surface area contributed by atoms with Crippen LogP contribution in [0.1, 0.15) is 25.3 Å². The average molecular weight is 232 g/mol. The highest BCUT2D eigenvalue weighted by molar-refractivity contribution is 5.14. The summed E-state index contributed by atoms with van der Waals surface area (Å²) >= 11 is 0. The molecule has 2 unspecified atom stereocenters. The minimum Gasteiger partial charge on any atom is -0.313 e. The van der Waals surface area contributed by atoms with Crippen LogP contribution in [-0.2, 0) is 6.42 Å². The molecule has 1 aromatic carbocycles. The standard InChI is InChI=1S/C15H24N2/c1-13-8-9-15(12-16-13)17(2)11-10-14-6-4-3-5-7-14/h3-7,13,15-16H,8-12H2,1-2H3. The van der Waals surface area contributed by atoms with Crippen LogP contribution >= 0.6 is 0 Å². The van der Waals surface area contributed by atoms with Crippen LogP contribution < -0.4 is 5.32 Å². The van der Waals surface area contributed by atoms with Crippen molar-refractivity contribution in [2.45, 2.75) is 38.3 Å². The van der Waals surface area contributed by atoms with E-state index in [1.807, 2.05) is 0 Å². The van der Waals surface area contributed by atoms with E-state index in [1.165, 1.54) is 18.4 Å². The van der Waals surface area contributed by atoms with Gasteiger partial charge in [-0.05, 0) is 38.8 Å². The van der Waals surface area contributed by atoms with Crippen molar-refractivity contribution >= 4 is 0 Å². The van der Waals surface area contributed by atoms with Gasteiger partial charge in [0.1, 0.15) is 0 Å². The maximum Gasteiger partial charge on any atom is 0.0218 e. The highest BCUT2D eigenvalue weighted by Crippen LogP contribution is 2.13. The summed E-state index contributed by atoms with van der Waals surface area (Å²) in [6.45, 7) is 4.58. The van der Waals surface area contributed by atoms with Crippen molar-refractivity contribution in [2.24, 2.45) is 0 Å². The molecule has 2 atom stereocenters. The van der Waals surface area contributed by atoms with Gasteiger partial charge in [-0.2, -0.15) is 0 Å². The molecule has 0 spiro atoms. The third kappa shape index (κ3) is 3.83. The molecule has 1 N–H and O–H groups in total. The fourth-order valence-electron chi connectivity index (χ4n) is 2.49. The van der Waals surface area contributed by atoms with Crippen molar-refractivity contribution in [2.75, 3.05) is 20.1 Å². The van der Waals surface area contributed by atoms with Gasteiger partial charge in [0.05, 0.1) is 0 Å². The van der Waals surface area contributed by atoms with Gasteiger partial charge >= 0.3 is 0 Å². The molecule has 2 rings (SSSR count). The van der Waals surface area contributed by atoms with Crippen LogP contribution in [0.2, 0.25) is 0 Å². The minimum absolute atomic E-state index is 0.703. The predicted octanol–water partition coefficient (Wildman–Crippen LogP) is 2.30. The molecule has 1 aliphatic heterocycles. The lowest BCUT2D eigenvalue weighted by molar-refractivity contribution is 0.189. The molecule has 1 fully saturated rings. The van der Waals surface area contributed by atoms with Gasteiger partial charge in [0, 0.05) is 25.2 Å². The van der Waals surface area contributed by atoms with Gasteiger partial charge in [-0.3, -0.25) is 0 Å². The summed E-state index contributed by atoms with van der Waals surface area (Å²) in [7, 11) is 2.26. The van der Waals surface area contributed by atoms with Crippen molar-refractivity contribution < 1.29 is 0 Å². The van der Waals surface area contributed by atoms with Crippen molar-refractivity contribution in [3.05, 3.63) is 35.9 Å². The van der Waals surface area contributed by atoms with Crippen molar-refractivity contribution in [3.8, 4) is 0 Å². The van der Waals surface area contributed by atoms with Crippen LogP contribution in [0.4, 0.5) is 0 Å². The highest BCUT2D eigenvalue weighted by Gasteiger charge is 2.20. The zero-order valence-electron chi connectivity index (χ0n) is 11.0. The van der Waals surface area contributed by atoms with E-state index in [4.69, 9.17) is 0 Å². The molecule has 0 aromatic heterocycles. The number of benzene rings is 1. The quantitative estimate of drug-likeness (QED) is 0.857. The molecule has 94 valence electrons. The summed E-state index contributed by atoms with van der Waals surface area (Å²) in [5.74, 6) is 0. The van der Waals surface area contributed by atoms with E-state index in [-0.39, 0.29) is 0 Å². The summed E-state index contributed by atoms with van der Waals surface area (Å²) in [5.41, 5.74) is 1.44. The van der Waals surface area contributed by atoms with Crippen LogP contribution in [0.25, 0.3) is 0 Å². The second-order valence-corrected chi connectivity index (χ2v) is 5.26.